The lowest BCUT2D eigenvalue weighted by molar-refractivity contribution is -0.121. The minimum atomic E-state index is -3.89. The third kappa shape index (κ3) is 4.81. The van der Waals surface area contributed by atoms with E-state index in [-0.39, 0.29) is 9.92 Å². The molecule has 0 aliphatic heterocycles. The van der Waals surface area contributed by atoms with Gasteiger partial charge in [-0.3, -0.25) is 4.79 Å². The van der Waals surface area contributed by atoms with Gasteiger partial charge in [0.25, 0.3) is 5.91 Å². The van der Waals surface area contributed by atoms with Gasteiger partial charge in [-0.15, -0.1) is 0 Å². The van der Waals surface area contributed by atoms with Crippen LogP contribution < -0.4 is 10.2 Å². The number of amides is 1. The summed E-state index contributed by atoms with van der Waals surface area (Å²) < 4.78 is 35.8. The largest absolute Gasteiger partial charge is 0.495 e. The maximum atomic E-state index is 12.5. The fourth-order valence-electron chi connectivity index (χ4n) is 1.84. The van der Waals surface area contributed by atoms with Crippen molar-refractivity contribution in [3.8, 4) is 5.75 Å². The van der Waals surface area contributed by atoms with Crippen LogP contribution in [0, 0.1) is 0 Å². The molecule has 0 bridgehead atoms. The second-order valence-electron chi connectivity index (χ2n) is 4.87. The molecule has 0 radical (unpaired) electrons. The highest BCUT2D eigenvalue weighted by molar-refractivity contribution is 7.89. The van der Waals surface area contributed by atoms with E-state index in [0.717, 1.165) is 4.31 Å². The predicted molar refractivity (Wildman–Crippen MR) is 92.3 cm³/mol. The van der Waals surface area contributed by atoms with Gasteiger partial charge in [0.15, 0.2) is 0 Å². The van der Waals surface area contributed by atoms with E-state index in [1.807, 2.05) is 0 Å². The summed E-state index contributed by atoms with van der Waals surface area (Å²) in [4.78, 5) is 11.8. The Kier molecular flexibility index (Phi) is 6.18. The number of benzene rings is 1. The summed E-state index contributed by atoms with van der Waals surface area (Å²) in [7, 11) is -1.18. The Morgan fingerprint density at radius 3 is 2.80 bits per heavy atom. The first-order valence-corrected chi connectivity index (χ1v) is 8.81. The summed E-state index contributed by atoms with van der Waals surface area (Å²) in [6, 6.07) is 7.38. The van der Waals surface area contributed by atoms with Crippen LogP contribution in [0.4, 0.5) is 0 Å². The molecule has 0 saturated carbocycles. The Labute approximate surface area is 150 Å². The first kappa shape index (κ1) is 19.0. The number of ether oxygens (including phenoxy) is 1. The van der Waals surface area contributed by atoms with Crippen LogP contribution >= 0.6 is 11.6 Å². The molecule has 8 nitrogen and oxygen atoms in total. The quantitative estimate of drug-likeness (QED) is 0.577. The average molecular weight is 386 g/mol. The van der Waals surface area contributed by atoms with Crippen LogP contribution in [0.25, 0.3) is 0 Å². The van der Waals surface area contributed by atoms with Crippen molar-refractivity contribution >= 4 is 33.7 Å². The molecule has 0 aliphatic carbocycles. The van der Waals surface area contributed by atoms with Crippen LogP contribution in [-0.4, -0.2) is 45.5 Å². The number of rotatable bonds is 7. The number of methoxy groups -OCH3 is 1. The van der Waals surface area contributed by atoms with Crippen molar-refractivity contribution in [2.24, 2.45) is 5.10 Å². The Bertz CT molecular complexity index is 865. The number of sulfonamides is 1. The lowest BCUT2D eigenvalue weighted by Crippen LogP contribution is -2.36. The minimum absolute atomic E-state index is 0.0484. The number of carbonyl (C=O) groups is 1. The maximum Gasteiger partial charge on any atom is 0.255 e. The zero-order valence-corrected chi connectivity index (χ0v) is 15.0. The number of hydrazone groups is 1. The van der Waals surface area contributed by atoms with E-state index in [2.05, 4.69) is 10.5 Å². The number of nitrogens with zero attached hydrogens (tertiary/aromatic N) is 2. The molecule has 1 N–H and O–H groups in total. The van der Waals surface area contributed by atoms with Gasteiger partial charge in [0.2, 0.25) is 10.0 Å². The van der Waals surface area contributed by atoms with Crippen molar-refractivity contribution in [1.29, 1.82) is 0 Å². The summed E-state index contributed by atoms with van der Waals surface area (Å²) in [5, 5.41) is 3.84. The molecule has 1 aromatic heterocycles. The van der Waals surface area contributed by atoms with Crippen LogP contribution in [0.15, 0.2) is 51.0 Å². The number of nitrogens with one attached hydrogen (secondary N) is 1. The molecule has 2 rings (SSSR count). The molecule has 1 aromatic carbocycles. The normalized spacial score (nSPS) is 11.8. The number of furan rings is 1. The number of hydrogen-bond donors (Lipinski definition) is 1. The van der Waals surface area contributed by atoms with Crippen LogP contribution in [-0.2, 0) is 14.8 Å². The van der Waals surface area contributed by atoms with Crippen LogP contribution in [0.3, 0.4) is 0 Å². The van der Waals surface area contributed by atoms with Crippen molar-refractivity contribution in [3.05, 3.63) is 47.4 Å². The van der Waals surface area contributed by atoms with Gasteiger partial charge in [0, 0.05) is 7.05 Å². The third-order valence-electron chi connectivity index (χ3n) is 3.12. The van der Waals surface area contributed by atoms with Gasteiger partial charge < -0.3 is 9.15 Å². The highest BCUT2D eigenvalue weighted by atomic mass is 35.5. The van der Waals surface area contributed by atoms with Gasteiger partial charge in [-0.05, 0) is 30.3 Å². The standard InChI is InChI=1S/C15H16ClN3O5S/c1-19(10-15(20)18-17-9-11-4-3-7-24-11)25(21,22)12-5-6-14(23-2)13(16)8-12/h3-9H,10H2,1-2H3,(H,18,20)/b17-9-. The number of halogens is 1. The van der Waals surface area contributed by atoms with E-state index in [1.165, 1.54) is 44.8 Å². The van der Waals surface area contributed by atoms with Gasteiger partial charge in [0.05, 0.1) is 36.1 Å². The predicted octanol–water partition coefficient (Wildman–Crippen LogP) is 1.71. The molecule has 0 spiro atoms. The maximum absolute atomic E-state index is 12.5. The van der Waals surface area contributed by atoms with Gasteiger partial charge in [0.1, 0.15) is 11.5 Å². The number of carbonyl (C=O) groups excluding carboxylic acids is 1. The monoisotopic (exact) mass is 385 g/mol. The fourth-order valence-corrected chi connectivity index (χ4v) is 3.32. The molecule has 10 heteroatoms. The minimum Gasteiger partial charge on any atom is -0.495 e. The van der Waals surface area contributed by atoms with Gasteiger partial charge in [-0.2, -0.15) is 9.41 Å². The Hall–Kier alpha value is -2.36. The van der Waals surface area contributed by atoms with Crippen LogP contribution in [0.1, 0.15) is 5.76 Å². The molecular weight excluding hydrogens is 370 g/mol. The topological polar surface area (TPSA) is 101 Å². The highest BCUT2D eigenvalue weighted by Gasteiger charge is 2.23. The lowest BCUT2D eigenvalue weighted by Gasteiger charge is -2.16. The highest BCUT2D eigenvalue weighted by Crippen LogP contribution is 2.27. The fraction of sp³-hybridized carbons (Fsp3) is 0.200. The second-order valence-corrected chi connectivity index (χ2v) is 7.32. The molecule has 0 saturated heterocycles. The van der Waals surface area contributed by atoms with Gasteiger partial charge in [-0.25, -0.2) is 13.8 Å². The van der Waals surface area contributed by atoms with E-state index in [4.69, 9.17) is 20.8 Å². The Morgan fingerprint density at radius 1 is 1.44 bits per heavy atom. The third-order valence-corrected chi connectivity index (χ3v) is 5.22. The first-order chi connectivity index (χ1) is 11.8. The smallest absolute Gasteiger partial charge is 0.255 e. The summed E-state index contributed by atoms with van der Waals surface area (Å²) >= 11 is 5.95. The average Bonchev–Trinajstić information content (AvgIpc) is 3.08. The Balaban J connectivity index is 2.01. The summed E-state index contributed by atoms with van der Waals surface area (Å²) in [6.07, 6.45) is 2.76. The number of likely N-dealkylation sites (N-methyl/N-ethyl adjacent to an activating group) is 1. The molecule has 134 valence electrons. The van der Waals surface area contributed by atoms with Crippen LogP contribution in [0.5, 0.6) is 5.75 Å². The zero-order valence-electron chi connectivity index (χ0n) is 13.5. The second kappa shape index (κ2) is 8.15. The van der Waals surface area contributed by atoms with Gasteiger partial charge >= 0.3 is 0 Å². The van der Waals surface area contributed by atoms with E-state index < -0.39 is 22.5 Å². The van der Waals surface area contributed by atoms with Gasteiger partial charge in [-0.1, -0.05) is 11.6 Å². The summed E-state index contributed by atoms with van der Waals surface area (Å²) in [6.45, 7) is -0.415. The van der Waals surface area contributed by atoms with E-state index in [0.29, 0.717) is 11.5 Å². The number of hydrogen-bond acceptors (Lipinski definition) is 6. The van der Waals surface area contributed by atoms with Crippen molar-refractivity contribution in [2.45, 2.75) is 4.90 Å². The van der Waals surface area contributed by atoms with Crippen molar-refractivity contribution in [1.82, 2.24) is 9.73 Å². The lowest BCUT2D eigenvalue weighted by atomic mass is 10.3. The molecule has 2 aromatic rings. The zero-order chi connectivity index (χ0) is 18.4. The molecule has 0 atom stereocenters. The van der Waals surface area contributed by atoms with Crippen molar-refractivity contribution in [3.63, 3.8) is 0 Å². The molecular formula is C15H16ClN3O5S. The summed E-state index contributed by atoms with van der Waals surface area (Å²) in [5.41, 5.74) is 2.22. The van der Waals surface area contributed by atoms with E-state index >= 15 is 0 Å². The van der Waals surface area contributed by atoms with Crippen molar-refractivity contribution in [2.75, 3.05) is 20.7 Å². The molecule has 1 heterocycles. The van der Waals surface area contributed by atoms with Crippen LogP contribution in [0.2, 0.25) is 5.02 Å². The Morgan fingerprint density at radius 2 is 2.20 bits per heavy atom. The van der Waals surface area contributed by atoms with E-state index in [1.54, 1.807) is 12.1 Å². The molecule has 1 amide bonds. The van der Waals surface area contributed by atoms with E-state index in [9.17, 15) is 13.2 Å². The molecule has 0 fully saturated rings. The molecule has 0 unspecified atom stereocenters. The SMILES string of the molecule is COc1ccc(S(=O)(=O)N(C)CC(=O)N/N=C\c2ccco2)cc1Cl. The van der Waals surface area contributed by atoms with Crippen molar-refractivity contribution < 1.29 is 22.4 Å². The first-order valence-electron chi connectivity index (χ1n) is 7.00. The molecule has 0 aliphatic rings. The molecule has 25 heavy (non-hydrogen) atoms. The summed E-state index contributed by atoms with van der Waals surface area (Å²) in [5.74, 6) is 0.205.